The number of ether oxygens (including phenoxy) is 1. The first-order valence-electron chi connectivity index (χ1n) is 7.85. The molecule has 0 unspecified atom stereocenters. The summed E-state index contributed by atoms with van der Waals surface area (Å²) in [4.78, 5) is 17.4. The average Bonchev–Trinajstić information content (AvgIpc) is 2.86. The van der Waals surface area contributed by atoms with E-state index in [0.717, 1.165) is 24.6 Å². The van der Waals surface area contributed by atoms with Crippen molar-refractivity contribution in [3.05, 3.63) is 29.8 Å². The van der Waals surface area contributed by atoms with Crippen LogP contribution in [0.25, 0.3) is 0 Å². The molecular weight excluding hydrogens is 419 g/mol. The third-order valence-corrected chi connectivity index (χ3v) is 3.92. The number of aliphatic imine (C=N–C) groups is 1. The second-order valence-electron chi connectivity index (χ2n) is 6.64. The van der Waals surface area contributed by atoms with Crippen LogP contribution in [-0.2, 0) is 11.3 Å². The van der Waals surface area contributed by atoms with Crippen LogP contribution in [0.5, 0.6) is 5.75 Å². The van der Waals surface area contributed by atoms with E-state index in [1.807, 2.05) is 24.3 Å². The number of likely N-dealkylation sites (tertiary alicyclic amines) is 1. The highest BCUT2D eigenvalue weighted by Crippen LogP contribution is 2.28. The predicted molar refractivity (Wildman–Crippen MR) is 107 cm³/mol. The SMILES string of the molecule is CN=C(NCc1cccc(OCC(N)=O)c1)N1CCC(C)(C)C1.I. The molecule has 0 aromatic heterocycles. The van der Waals surface area contributed by atoms with Crippen LogP contribution in [0.15, 0.2) is 29.3 Å². The van der Waals surface area contributed by atoms with Crippen LogP contribution in [0.1, 0.15) is 25.8 Å². The average molecular weight is 446 g/mol. The largest absolute Gasteiger partial charge is 0.484 e. The molecule has 0 saturated carbocycles. The second-order valence-corrected chi connectivity index (χ2v) is 6.64. The van der Waals surface area contributed by atoms with E-state index in [1.54, 1.807) is 7.05 Å². The topological polar surface area (TPSA) is 80.0 Å². The fraction of sp³-hybridized carbons (Fsp3) is 0.529. The van der Waals surface area contributed by atoms with Crippen molar-refractivity contribution in [2.45, 2.75) is 26.8 Å². The Hall–Kier alpha value is -1.51. The molecule has 1 saturated heterocycles. The lowest BCUT2D eigenvalue weighted by Crippen LogP contribution is -2.40. The predicted octanol–water partition coefficient (Wildman–Crippen LogP) is 1.98. The molecule has 0 spiro atoms. The molecule has 1 amide bonds. The number of hydrogen-bond donors (Lipinski definition) is 2. The molecule has 6 nitrogen and oxygen atoms in total. The first kappa shape index (κ1) is 20.5. The number of primary amides is 1. The maximum atomic E-state index is 10.8. The lowest BCUT2D eigenvalue weighted by Gasteiger charge is -2.23. The maximum absolute atomic E-state index is 10.8. The van der Waals surface area contributed by atoms with Crippen molar-refractivity contribution in [2.75, 3.05) is 26.7 Å². The smallest absolute Gasteiger partial charge is 0.255 e. The Morgan fingerprint density at radius 2 is 2.21 bits per heavy atom. The molecule has 1 aliphatic heterocycles. The summed E-state index contributed by atoms with van der Waals surface area (Å²) in [5, 5.41) is 3.39. The zero-order valence-electron chi connectivity index (χ0n) is 14.5. The summed E-state index contributed by atoms with van der Waals surface area (Å²) in [6, 6.07) is 7.61. The van der Waals surface area contributed by atoms with Gasteiger partial charge in [0.1, 0.15) is 5.75 Å². The molecule has 1 aromatic carbocycles. The van der Waals surface area contributed by atoms with Gasteiger partial charge in [-0.2, -0.15) is 0 Å². The van der Waals surface area contributed by atoms with Gasteiger partial charge in [-0.25, -0.2) is 0 Å². The van der Waals surface area contributed by atoms with Crippen molar-refractivity contribution in [1.82, 2.24) is 10.2 Å². The number of nitrogens with zero attached hydrogens (tertiary/aromatic N) is 2. The van der Waals surface area contributed by atoms with Gasteiger partial charge < -0.3 is 20.7 Å². The minimum Gasteiger partial charge on any atom is -0.484 e. The highest BCUT2D eigenvalue weighted by atomic mass is 127. The van der Waals surface area contributed by atoms with Crippen molar-refractivity contribution < 1.29 is 9.53 Å². The van der Waals surface area contributed by atoms with Crippen molar-refractivity contribution in [3.8, 4) is 5.75 Å². The minimum atomic E-state index is -0.481. The van der Waals surface area contributed by atoms with Gasteiger partial charge in [0.2, 0.25) is 0 Å². The number of nitrogens with two attached hydrogens (primary N) is 1. The van der Waals surface area contributed by atoms with E-state index < -0.39 is 5.91 Å². The molecule has 0 radical (unpaired) electrons. The van der Waals surface area contributed by atoms with Gasteiger partial charge in [0.15, 0.2) is 12.6 Å². The Kier molecular flexibility index (Phi) is 7.78. The van der Waals surface area contributed by atoms with Crippen LogP contribution in [0, 0.1) is 5.41 Å². The molecule has 0 aliphatic carbocycles. The third-order valence-electron chi connectivity index (χ3n) is 3.92. The standard InChI is InChI=1S/C17H26N4O2.HI/c1-17(2)7-8-21(12-17)16(19-3)20-10-13-5-4-6-14(9-13)23-11-15(18)22;/h4-6,9H,7-8,10-12H2,1-3H3,(H2,18,22)(H,19,20);1H. The van der Waals surface area contributed by atoms with Gasteiger partial charge in [-0.3, -0.25) is 9.79 Å². The molecule has 2 rings (SSSR count). The van der Waals surface area contributed by atoms with E-state index in [9.17, 15) is 4.79 Å². The van der Waals surface area contributed by atoms with Crippen molar-refractivity contribution >= 4 is 35.8 Å². The fourth-order valence-electron chi connectivity index (χ4n) is 2.71. The Labute approximate surface area is 160 Å². The fourth-order valence-corrected chi connectivity index (χ4v) is 2.71. The molecule has 3 N–H and O–H groups in total. The van der Waals surface area contributed by atoms with Crippen molar-refractivity contribution in [2.24, 2.45) is 16.1 Å². The van der Waals surface area contributed by atoms with E-state index in [-0.39, 0.29) is 30.6 Å². The monoisotopic (exact) mass is 446 g/mol. The van der Waals surface area contributed by atoms with Gasteiger partial charge in [-0.15, -0.1) is 24.0 Å². The Balaban J connectivity index is 0.00000288. The first-order chi connectivity index (χ1) is 10.9. The van der Waals surface area contributed by atoms with Crippen LogP contribution < -0.4 is 15.8 Å². The van der Waals surface area contributed by atoms with Gasteiger partial charge in [-0.05, 0) is 29.5 Å². The molecule has 24 heavy (non-hydrogen) atoms. The number of rotatable bonds is 5. The lowest BCUT2D eigenvalue weighted by molar-refractivity contribution is -0.119. The van der Waals surface area contributed by atoms with Gasteiger partial charge in [0.25, 0.3) is 5.91 Å². The lowest BCUT2D eigenvalue weighted by atomic mass is 9.93. The summed E-state index contributed by atoms with van der Waals surface area (Å²) in [5.74, 6) is 1.07. The normalized spacial score (nSPS) is 16.5. The quantitative estimate of drug-likeness (QED) is 0.412. The molecule has 1 aromatic rings. The van der Waals surface area contributed by atoms with E-state index in [2.05, 4.69) is 29.1 Å². The zero-order chi connectivity index (χ0) is 16.9. The number of benzene rings is 1. The van der Waals surface area contributed by atoms with Crippen LogP contribution in [0.2, 0.25) is 0 Å². The summed E-state index contributed by atoms with van der Waals surface area (Å²) in [6.45, 7) is 7.13. The number of carbonyl (C=O) groups excluding carboxylic acids is 1. The van der Waals surface area contributed by atoms with Gasteiger partial charge in [0.05, 0.1) is 0 Å². The van der Waals surface area contributed by atoms with Crippen molar-refractivity contribution in [3.63, 3.8) is 0 Å². The molecular formula is C17H27IN4O2. The first-order valence-corrected chi connectivity index (χ1v) is 7.85. The number of carbonyl (C=O) groups is 1. The maximum Gasteiger partial charge on any atom is 0.255 e. The van der Waals surface area contributed by atoms with Crippen LogP contribution in [-0.4, -0.2) is 43.5 Å². The molecule has 134 valence electrons. The number of hydrogen-bond acceptors (Lipinski definition) is 3. The molecule has 0 atom stereocenters. The summed E-state index contributed by atoms with van der Waals surface area (Å²) in [5.41, 5.74) is 6.48. The Morgan fingerprint density at radius 1 is 1.46 bits per heavy atom. The third kappa shape index (κ3) is 6.18. The highest BCUT2D eigenvalue weighted by molar-refractivity contribution is 14.0. The number of nitrogens with one attached hydrogen (secondary N) is 1. The minimum absolute atomic E-state index is 0. The van der Waals surface area contributed by atoms with E-state index in [0.29, 0.717) is 17.7 Å². The van der Waals surface area contributed by atoms with Gasteiger partial charge in [0, 0.05) is 26.7 Å². The summed E-state index contributed by atoms with van der Waals surface area (Å²) >= 11 is 0. The van der Waals surface area contributed by atoms with Crippen LogP contribution >= 0.6 is 24.0 Å². The van der Waals surface area contributed by atoms with Crippen LogP contribution in [0.3, 0.4) is 0 Å². The molecule has 1 fully saturated rings. The molecule has 1 heterocycles. The molecule has 1 aliphatic rings. The van der Waals surface area contributed by atoms with Crippen molar-refractivity contribution in [1.29, 1.82) is 0 Å². The Morgan fingerprint density at radius 3 is 2.79 bits per heavy atom. The second kappa shape index (κ2) is 9.10. The van der Waals surface area contributed by atoms with E-state index >= 15 is 0 Å². The Bertz CT molecular complexity index is 590. The zero-order valence-corrected chi connectivity index (χ0v) is 16.9. The number of halogens is 1. The van der Waals surface area contributed by atoms with Gasteiger partial charge >= 0.3 is 0 Å². The summed E-state index contributed by atoms with van der Waals surface area (Å²) in [7, 11) is 1.81. The van der Waals surface area contributed by atoms with Gasteiger partial charge in [-0.1, -0.05) is 26.0 Å². The summed E-state index contributed by atoms with van der Waals surface area (Å²) < 4.78 is 5.33. The number of guanidine groups is 1. The summed E-state index contributed by atoms with van der Waals surface area (Å²) in [6.07, 6.45) is 1.17. The van der Waals surface area contributed by atoms with Crippen LogP contribution in [0.4, 0.5) is 0 Å². The molecule has 7 heteroatoms. The van der Waals surface area contributed by atoms with E-state index in [1.165, 1.54) is 6.42 Å². The highest BCUT2D eigenvalue weighted by Gasteiger charge is 2.30. The molecule has 0 bridgehead atoms. The number of amides is 1. The van der Waals surface area contributed by atoms with E-state index in [4.69, 9.17) is 10.5 Å².